The van der Waals surface area contributed by atoms with Crippen LogP contribution in [0.4, 0.5) is 10.8 Å². The summed E-state index contributed by atoms with van der Waals surface area (Å²) in [4.78, 5) is 22.7. The Morgan fingerprint density at radius 1 is 1.21 bits per heavy atom. The van der Waals surface area contributed by atoms with E-state index in [1.54, 1.807) is 36.4 Å². The highest BCUT2D eigenvalue weighted by molar-refractivity contribution is 8.00. The zero-order valence-corrected chi connectivity index (χ0v) is 16.5. The number of carbonyl (C=O) groups is 1. The van der Waals surface area contributed by atoms with Gasteiger partial charge in [0.05, 0.1) is 17.1 Å². The number of amides is 1. The summed E-state index contributed by atoms with van der Waals surface area (Å²) in [6.45, 7) is 2.32. The zero-order valence-electron chi connectivity index (χ0n) is 14.8. The fourth-order valence-electron chi connectivity index (χ4n) is 2.28. The first kappa shape index (κ1) is 19.8. The first-order chi connectivity index (χ1) is 13.6. The van der Waals surface area contributed by atoms with Crippen molar-refractivity contribution in [3.05, 3.63) is 69.8 Å². The van der Waals surface area contributed by atoms with Crippen molar-refractivity contribution < 1.29 is 14.5 Å². The second-order valence-corrected chi connectivity index (χ2v) is 7.67. The largest absolute Gasteiger partial charge is 0.493 e. The molecule has 1 heterocycles. The van der Waals surface area contributed by atoms with Gasteiger partial charge in [0, 0.05) is 17.9 Å². The highest BCUT2D eigenvalue weighted by atomic mass is 32.2. The Morgan fingerprint density at radius 3 is 2.68 bits per heavy atom. The van der Waals surface area contributed by atoms with E-state index in [9.17, 15) is 14.9 Å². The number of anilines is 1. The summed E-state index contributed by atoms with van der Waals surface area (Å²) in [5.41, 5.74) is 1.42. The van der Waals surface area contributed by atoms with Gasteiger partial charge in [-0.2, -0.15) is 0 Å². The van der Waals surface area contributed by atoms with Crippen LogP contribution >= 0.6 is 23.1 Å². The van der Waals surface area contributed by atoms with E-state index in [-0.39, 0.29) is 11.6 Å². The lowest BCUT2D eigenvalue weighted by atomic mass is 10.2. The molecule has 0 aliphatic heterocycles. The van der Waals surface area contributed by atoms with Gasteiger partial charge in [0.15, 0.2) is 4.34 Å². The van der Waals surface area contributed by atoms with Crippen LogP contribution < -0.4 is 10.1 Å². The summed E-state index contributed by atoms with van der Waals surface area (Å²) in [5, 5.41) is 21.9. The van der Waals surface area contributed by atoms with E-state index in [2.05, 4.69) is 15.5 Å². The van der Waals surface area contributed by atoms with Gasteiger partial charge in [-0.25, -0.2) is 0 Å². The minimum atomic E-state index is -0.430. The molecule has 28 heavy (non-hydrogen) atoms. The maximum Gasteiger partial charge on any atom is 0.269 e. The molecule has 0 aliphatic rings. The van der Waals surface area contributed by atoms with Crippen LogP contribution in [0, 0.1) is 10.1 Å². The molecule has 0 aliphatic carbocycles. The fraction of sp³-hybridized carbons (Fsp3) is 0.167. The van der Waals surface area contributed by atoms with Crippen LogP contribution in [0.15, 0.2) is 52.9 Å². The zero-order chi connectivity index (χ0) is 19.9. The molecule has 3 aromatic rings. The molecular formula is C18H16N4O4S2. The molecule has 1 aromatic heterocycles. The average Bonchev–Trinajstić information content (AvgIpc) is 3.14. The monoisotopic (exact) mass is 416 g/mol. The number of carbonyl (C=O) groups excluding carboxylic acids is 1. The Balaban J connectivity index is 1.59. The van der Waals surface area contributed by atoms with Crippen molar-refractivity contribution in [2.45, 2.75) is 17.0 Å². The number of hydrogen-bond donors (Lipinski definition) is 1. The van der Waals surface area contributed by atoms with Gasteiger partial charge in [-0.05, 0) is 24.6 Å². The summed E-state index contributed by atoms with van der Waals surface area (Å²) in [6, 6.07) is 13.4. The van der Waals surface area contributed by atoms with Crippen molar-refractivity contribution in [3.63, 3.8) is 0 Å². The average molecular weight is 416 g/mol. The summed E-state index contributed by atoms with van der Waals surface area (Å²) in [7, 11) is 0. The molecule has 2 aromatic carbocycles. The Bertz CT molecular complexity index is 976. The number of thioether (sulfide) groups is 1. The SMILES string of the molecule is CCOc1ccccc1C(=O)Nc1nnc(SCc2ccc([N+](=O)[O-])cc2)s1. The van der Waals surface area contributed by atoms with Gasteiger partial charge < -0.3 is 4.74 Å². The van der Waals surface area contributed by atoms with E-state index in [0.29, 0.717) is 33.1 Å². The third-order valence-corrected chi connectivity index (χ3v) is 5.61. The standard InChI is InChI=1S/C18H16N4O4S2/c1-2-26-15-6-4-3-5-14(15)16(23)19-17-20-21-18(28-17)27-11-12-7-9-13(10-8-12)22(24)25/h3-10H,2,11H2,1H3,(H,19,20,23). The van der Waals surface area contributed by atoms with Gasteiger partial charge in [-0.1, -0.05) is 47.4 Å². The molecule has 0 saturated carbocycles. The lowest BCUT2D eigenvalue weighted by Crippen LogP contribution is -2.13. The Labute approximate surface area is 169 Å². The van der Waals surface area contributed by atoms with Gasteiger partial charge in [-0.15, -0.1) is 10.2 Å². The van der Waals surface area contributed by atoms with E-state index in [1.807, 2.05) is 6.92 Å². The van der Waals surface area contributed by atoms with Crippen molar-refractivity contribution in [2.75, 3.05) is 11.9 Å². The second-order valence-electron chi connectivity index (χ2n) is 5.47. The lowest BCUT2D eigenvalue weighted by molar-refractivity contribution is -0.384. The van der Waals surface area contributed by atoms with Crippen LogP contribution in [0.5, 0.6) is 5.75 Å². The van der Waals surface area contributed by atoms with E-state index >= 15 is 0 Å². The number of nitrogens with one attached hydrogen (secondary N) is 1. The van der Waals surface area contributed by atoms with Crippen LogP contribution in [0.2, 0.25) is 0 Å². The minimum absolute atomic E-state index is 0.0574. The number of nitrogens with zero attached hydrogens (tertiary/aromatic N) is 3. The van der Waals surface area contributed by atoms with E-state index < -0.39 is 4.92 Å². The quantitative estimate of drug-likeness (QED) is 0.251. The summed E-state index contributed by atoms with van der Waals surface area (Å²) in [6.07, 6.45) is 0. The molecule has 0 radical (unpaired) electrons. The molecule has 0 unspecified atom stereocenters. The summed E-state index contributed by atoms with van der Waals surface area (Å²) < 4.78 is 6.16. The number of aromatic nitrogens is 2. The molecule has 10 heteroatoms. The van der Waals surface area contributed by atoms with E-state index in [0.717, 1.165) is 5.56 Å². The number of nitro groups is 1. The van der Waals surface area contributed by atoms with Crippen LogP contribution in [-0.2, 0) is 5.75 Å². The molecule has 144 valence electrons. The highest BCUT2D eigenvalue weighted by Crippen LogP contribution is 2.29. The Kier molecular flexibility index (Phi) is 6.56. The predicted molar refractivity (Wildman–Crippen MR) is 108 cm³/mol. The molecular weight excluding hydrogens is 400 g/mol. The summed E-state index contributed by atoms with van der Waals surface area (Å²) >= 11 is 2.70. The number of hydrogen-bond acceptors (Lipinski definition) is 8. The summed E-state index contributed by atoms with van der Waals surface area (Å²) in [5.74, 6) is 0.792. The van der Waals surface area contributed by atoms with Gasteiger partial charge in [-0.3, -0.25) is 20.2 Å². The van der Waals surface area contributed by atoms with Crippen LogP contribution in [0.25, 0.3) is 0 Å². The number of non-ortho nitro benzene ring substituents is 1. The predicted octanol–water partition coefficient (Wildman–Crippen LogP) is 4.39. The molecule has 0 spiro atoms. The van der Waals surface area contributed by atoms with E-state index in [4.69, 9.17) is 4.74 Å². The van der Waals surface area contributed by atoms with Gasteiger partial charge >= 0.3 is 0 Å². The highest BCUT2D eigenvalue weighted by Gasteiger charge is 2.15. The number of rotatable bonds is 8. The van der Waals surface area contributed by atoms with Gasteiger partial charge in [0.2, 0.25) is 5.13 Å². The van der Waals surface area contributed by atoms with Crippen molar-refractivity contribution in [3.8, 4) is 5.75 Å². The smallest absolute Gasteiger partial charge is 0.269 e. The van der Waals surface area contributed by atoms with Crippen molar-refractivity contribution in [2.24, 2.45) is 0 Å². The van der Waals surface area contributed by atoms with Crippen molar-refractivity contribution >= 4 is 39.8 Å². The van der Waals surface area contributed by atoms with Gasteiger partial charge in [0.25, 0.3) is 11.6 Å². The van der Waals surface area contributed by atoms with Crippen molar-refractivity contribution in [1.29, 1.82) is 0 Å². The first-order valence-electron chi connectivity index (χ1n) is 8.29. The number of nitro benzene ring substituents is 1. The van der Waals surface area contributed by atoms with Crippen LogP contribution in [0.1, 0.15) is 22.8 Å². The molecule has 3 rings (SSSR count). The molecule has 1 N–H and O–H groups in total. The third-order valence-electron chi connectivity index (χ3n) is 3.57. The number of benzene rings is 2. The van der Waals surface area contributed by atoms with E-state index in [1.165, 1.54) is 35.2 Å². The minimum Gasteiger partial charge on any atom is -0.493 e. The third kappa shape index (κ3) is 5.05. The molecule has 8 nitrogen and oxygen atoms in total. The molecule has 0 saturated heterocycles. The Hall–Kier alpha value is -2.98. The van der Waals surface area contributed by atoms with Crippen molar-refractivity contribution in [1.82, 2.24) is 10.2 Å². The topological polar surface area (TPSA) is 107 Å². The second kappa shape index (κ2) is 9.29. The maximum atomic E-state index is 12.5. The molecule has 0 atom stereocenters. The number of ether oxygens (including phenoxy) is 1. The van der Waals surface area contributed by atoms with Gasteiger partial charge in [0.1, 0.15) is 5.75 Å². The first-order valence-corrected chi connectivity index (χ1v) is 10.1. The number of para-hydroxylation sites is 1. The normalized spacial score (nSPS) is 10.5. The van der Waals surface area contributed by atoms with Crippen LogP contribution in [0.3, 0.4) is 0 Å². The molecule has 1 amide bonds. The lowest BCUT2D eigenvalue weighted by Gasteiger charge is -2.08. The Morgan fingerprint density at radius 2 is 1.96 bits per heavy atom. The fourth-order valence-corrected chi connectivity index (χ4v) is 3.98. The molecule has 0 fully saturated rings. The maximum absolute atomic E-state index is 12.5. The van der Waals surface area contributed by atoms with Crippen LogP contribution in [-0.4, -0.2) is 27.6 Å². The molecule has 0 bridgehead atoms.